The van der Waals surface area contributed by atoms with Crippen molar-refractivity contribution in [3.05, 3.63) is 33.9 Å². The normalized spacial score (nSPS) is 22.3. The number of nitro groups is 1. The van der Waals surface area contributed by atoms with Crippen molar-refractivity contribution in [2.24, 2.45) is 11.7 Å². The van der Waals surface area contributed by atoms with Crippen LogP contribution in [0.25, 0.3) is 0 Å². The Morgan fingerprint density at radius 1 is 1.33 bits per heavy atom. The molecule has 1 amide bonds. The Kier molecular flexibility index (Phi) is 4.77. The van der Waals surface area contributed by atoms with Gasteiger partial charge in [0.05, 0.1) is 4.92 Å². The van der Waals surface area contributed by atoms with E-state index in [0.29, 0.717) is 11.6 Å². The first-order valence-electron chi connectivity index (χ1n) is 7.32. The molecule has 0 aromatic heterocycles. The third-order valence-corrected chi connectivity index (χ3v) is 4.09. The van der Waals surface area contributed by atoms with Gasteiger partial charge in [0.25, 0.3) is 5.69 Å². The molecule has 6 heteroatoms. The molecule has 1 aromatic carbocycles. The fraction of sp³-hybridized carbons (Fsp3) is 0.533. The summed E-state index contributed by atoms with van der Waals surface area (Å²) in [5, 5.41) is 14.4. The fourth-order valence-electron chi connectivity index (χ4n) is 2.82. The standard InChI is InChI=1S/C15H21N3O3/c1-10-3-2-4-12(7-5-10)17-13-9-11(15(16)19)6-8-14(13)18(20)21/h6,8-10,12,17H,2-5,7H2,1H3,(H2,16,19). The lowest BCUT2D eigenvalue weighted by Gasteiger charge is -2.18. The maximum absolute atomic E-state index is 11.2. The largest absolute Gasteiger partial charge is 0.377 e. The third-order valence-electron chi connectivity index (χ3n) is 4.09. The van der Waals surface area contributed by atoms with Gasteiger partial charge in [-0.1, -0.05) is 19.8 Å². The predicted octanol–water partition coefficient (Wildman–Crippen LogP) is 3.07. The molecule has 0 aliphatic heterocycles. The maximum Gasteiger partial charge on any atom is 0.292 e. The summed E-state index contributed by atoms with van der Waals surface area (Å²) >= 11 is 0. The first-order chi connectivity index (χ1) is 9.97. The number of anilines is 1. The highest BCUT2D eigenvalue weighted by Gasteiger charge is 2.21. The van der Waals surface area contributed by atoms with Crippen LogP contribution in [0, 0.1) is 16.0 Å². The molecule has 1 fully saturated rings. The average Bonchev–Trinajstić information content (AvgIpc) is 2.63. The van der Waals surface area contributed by atoms with E-state index in [9.17, 15) is 14.9 Å². The number of benzene rings is 1. The zero-order valence-electron chi connectivity index (χ0n) is 12.2. The second-order valence-corrected chi connectivity index (χ2v) is 5.81. The van der Waals surface area contributed by atoms with E-state index in [2.05, 4.69) is 12.2 Å². The summed E-state index contributed by atoms with van der Waals surface area (Å²) in [4.78, 5) is 21.9. The Morgan fingerprint density at radius 3 is 2.76 bits per heavy atom. The average molecular weight is 291 g/mol. The summed E-state index contributed by atoms with van der Waals surface area (Å²) in [5.74, 6) is 0.117. The minimum absolute atomic E-state index is 0.0164. The van der Waals surface area contributed by atoms with E-state index in [1.54, 1.807) is 0 Å². The van der Waals surface area contributed by atoms with Gasteiger partial charge in [-0.3, -0.25) is 14.9 Å². The van der Waals surface area contributed by atoms with Gasteiger partial charge in [0.1, 0.15) is 5.69 Å². The fourth-order valence-corrected chi connectivity index (χ4v) is 2.82. The number of nitrogens with one attached hydrogen (secondary N) is 1. The van der Waals surface area contributed by atoms with E-state index < -0.39 is 10.8 Å². The number of hydrogen-bond acceptors (Lipinski definition) is 4. The smallest absolute Gasteiger partial charge is 0.292 e. The van der Waals surface area contributed by atoms with E-state index in [0.717, 1.165) is 25.7 Å². The van der Waals surface area contributed by atoms with Crippen LogP contribution in [0.5, 0.6) is 0 Å². The van der Waals surface area contributed by atoms with E-state index in [1.165, 1.54) is 24.6 Å². The summed E-state index contributed by atoms with van der Waals surface area (Å²) in [7, 11) is 0. The molecule has 1 aliphatic rings. The van der Waals surface area contributed by atoms with Gasteiger partial charge in [0.15, 0.2) is 0 Å². The number of carbonyl (C=O) groups is 1. The lowest BCUT2D eigenvalue weighted by molar-refractivity contribution is -0.384. The number of nitrogens with two attached hydrogens (primary N) is 1. The van der Waals surface area contributed by atoms with Crippen molar-refractivity contribution >= 4 is 17.3 Å². The van der Waals surface area contributed by atoms with Crippen molar-refractivity contribution in [1.82, 2.24) is 0 Å². The van der Waals surface area contributed by atoms with Crippen molar-refractivity contribution in [2.75, 3.05) is 5.32 Å². The molecular formula is C15H21N3O3. The monoisotopic (exact) mass is 291 g/mol. The van der Waals surface area contributed by atoms with Gasteiger partial charge < -0.3 is 11.1 Å². The minimum atomic E-state index is -0.581. The van der Waals surface area contributed by atoms with Crippen LogP contribution in [0.1, 0.15) is 49.4 Å². The van der Waals surface area contributed by atoms with Crippen LogP contribution in [0.2, 0.25) is 0 Å². The predicted molar refractivity (Wildman–Crippen MR) is 81.3 cm³/mol. The number of amides is 1. The number of rotatable bonds is 4. The van der Waals surface area contributed by atoms with Gasteiger partial charge in [0, 0.05) is 17.7 Å². The van der Waals surface area contributed by atoms with E-state index >= 15 is 0 Å². The second-order valence-electron chi connectivity index (χ2n) is 5.81. The summed E-state index contributed by atoms with van der Waals surface area (Å²) in [6.07, 6.45) is 5.39. The molecule has 2 unspecified atom stereocenters. The molecule has 114 valence electrons. The molecule has 21 heavy (non-hydrogen) atoms. The van der Waals surface area contributed by atoms with Crippen LogP contribution in [-0.2, 0) is 0 Å². The third kappa shape index (κ3) is 3.93. The number of nitrogens with zero attached hydrogens (tertiary/aromatic N) is 1. The molecule has 1 aromatic rings. The van der Waals surface area contributed by atoms with Crippen LogP contribution in [0.3, 0.4) is 0 Å². The van der Waals surface area contributed by atoms with Crippen LogP contribution in [0.15, 0.2) is 18.2 Å². The van der Waals surface area contributed by atoms with Gasteiger partial charge >= 0.3 is 0 Å². The Morgan fingerprint density at radius 2 is 2.10 bits per heavy atom. The van der Waals surface area contributed by atoms with Crippen molar-refractivity contribution < 1.29 is 9.72 Å². The van der Waals surface area contributed by atoms with Crippen LogP contribution >= 0.6 is 0 Å². The lowest BCUT2D eigenvalue weighted by atomic mass is 10.0. The highest BCUT2D eigenvalue weighted by Crippen LogP contribution is 2.30. The van der Waals surface area contributed by atoms with Crippen molar-refractivity contribution in [3.8, 4) is 0 Å². The van der Waals surface area contributed by atoms with E-state index in [1.807, 2.05) is 0 Å². The van der Waals surface area contributed by atoms with Crippen LogP contribution in [-0.4, -0.2) is 16.9 Å². The maximum atomic E-state index is 11.2. The summed E-state index contributed by atoms with van der Waals surface area (Å²) in [6, 6.07) is 4.41. The molecule has 0 saturated heterocycles. The molecule has 0 radical (unpaired) electrons. The number of hydrogen-bond donors (Lipinski definition) is 2. The Hall–Kier alpha value is -2.11. The van der Waals surface area contributed by atoms with E-state index in [-0.39, 0.29) is 17.3 Å². The molecule has 0 bridgehead atoms. The lowest BCUT2D eigenvalue weighted by Crippen LogP contribution is -2.20. The SMILES string of the molecule is CC1CCCC(Nc2cc(C(N)=O)ccc2[N+](=O)[O-])CC1. The first-order valence-corrected chi connectivity index (χ1v) is 7.32. The Bertz CT molecular complexity index is 545. The number of primary amides is 1. The first kappa shape index (κ1) is 15.3. The molecule has 6 nitrogen and oxygen atoms in total. The topological polar surface area (TPSA) is 98.3 Å². The quantitative estimate of drug-likeness (QED) is 0.506. The Labute approximate surface area is 123 Å². The van der Waals surface area contributed by atoms with Gasteiger partial charge in [-0.25, -0.2) is 0 Å². The molecule has 3 N–H and O–H groups in total. The zero-order chi connectivity index (χ0) is 15.4. The molecular weight excluding hydrogens is 270 g/mol. The number of nitro benzene ring substituents is 1. The molecule has 1 aliphatic carbocycles. The summed E-state index contributed by atoms with van der Waals surface area (Å²) in [5.41, 5.74) is 5.90. The van der Waals surface area contributed by atoms with Crippen molar-refractivity contribution in [1.29, 1.82) is 0 Å². The van der Waals surface area contributed by atoms with Gasteiger partial charge in [0.2, 0.25) is 5.91 Å². The minimum Gasteiger partial charge on any atom is -0.377 e. The highest BCUT2D eigenvalue weighted by molar-refractivity contribution is 5.94. The van der Waals surface area contributed by atoms with Crippen LogP contribution < -0.4 is 11.1 Å². The highest BCUT2D eigenvalue weighted by atomic mass is 16.6. The summed E-state index contributed by atoms with van der Waals surface area (Å²) < 4.78 is 0. The molecule has 2 atom stereocenters. The van der Waals surface area contributed by atoms with E-state index in [4.69, 9.17) is 5.73 Å². The van der Waals surface area contributed by atoms with Gasteiger partial charge in [-0.2, -0.15) is 0 Å². The zero-order valence-corrected chi connectivity index (χ0v) is 12.2. The van der Waals surface area contributed by atoms with Gasteiger partial charge in [-0.05, 0) is 37.3 Å². The molecule has 1 saturated carbocycles. The second kappa shape index (κ2) is 6.56. The number of carbonyl (C=O) groups excluding carboxylic acids is 1. The summed E-state index contributed by atoms with van der Waals surface area (Å²) in [6.45, 7) is 2.23. The van der Waals surface area contributed by atoms with Gasteiger partial charge in [-0.15, -0.1) is 0 Å². The van der Waals surface area contributed by atoms with Crippen molar-refractivity contribution in [3.63, 3.8) is 0 Å². The molecule has 2 rings (SSSR count). The van der Waals surface area contributed by atoms with Crippen LogP contribution in [0.4, 0.5) is 11.4 Å². The molecule has 0 spiro atoms. The molecule has 0 heterocycles. The van der Waals surface area contributed by atoms with Crippen molar-refractivity contribution in [2.45, 2.75) is 45.1 Å². The Balaban J connectivity index is 2.22.